The van der Waals surface area contributed by atoms with E-state index >= 15 is 0 Å². The molecule has 0 radical (unpaired) electrons. The van der Waals surface area contributed by atoms with Gasteiger partial charge in [0, 0.05) is 65.6 Å². The van der Waals surface area contributed by atoms with E-state index in [9.17, 15) is 0 Å². The van der Waals surface area contributed by atoms with E-state index in [4.69, 9.17) is 13.3 Å². The molecule has 0 amide bonds. The van der Waals surface area contributed by atoms with E-state index in [1.165, 1.54) is 161 Å². The average Bonchev–Trinajstić information content (AvgIpc) is 1.50. The van der Waals surface area contributed by atoms with Crippen LogP contribution in [0.3, 0.4) is 0 Å². The molecular formula is C109H76O3. The Labute approximate surface area is 650 Å². The van der Waals surface area contributed by atoms with Gasteiger partial charge in [-0.1, -0.05) is 333 Å². The molecular weight excluding hydrogens is 1360 g/mol. The van der Waals surface area contributed by atoms with Crippen LogP contribution in [-0.2, 0) is 33.5 Å². The van der Waals surface area contributed by atoms with Gasteiger partial charge in [0.25, 0.3) is 0 Å². The Kier molecular flexibility index (Phi) is 12.9. The lowest BCUT2D eigenvalue weighted by Gasteiger charge is -2.36. The van der Waals surface area contributed by atoms with Crippen molar-refractivity contribution in [2.75, 3.05) is 0 Å². The van der Waals surface area contributed by atoms with Crippen LogP contribution in [0.4, 0.5) is 0 Å². The van der Waals surface area contributed by atoms with Gasteiger partial charge in [0.2, 0.25) is 0 Å². The highest BCUT2D eigenvalue weighted by atomic mass is 16.3. The average molecular weight is 1430 g/mol. The Morgan fingerprint density at radius 1 is 0.250 bits per heavy atom. The molecule has 0 N–H and O–H groups in total. The summed E-state index contributed by atoms with van der Waals surface area (Å²) in [5, 5.41) is 6.98. The lowest BCUT2D eigenvalue weighted by atomic mass is 9.65. The summed E-state index contributed by atoms with van der Waals surface area (Å²) in [6.45, 7) is 14.8. The second-order valence-electron chi connectivity index (χ2n) is 33.9. The van der Waals surface area contributed by atoms with Crippen molar-refractivity contribution in [3.8, 4) is 66.8 Å². The molecule has 5 aliphatic rings. The molecule has 530 valence electrons. The first-order chi connectivity index (χ1) is 54.8. The van der Waals surface area contributed by atoms with Gasteiger partial charge in [-0.25, -0.2) is 0 Å². The summed E-state index contributed by atoms with van der Waals surface area (Å²) in [5.41, 5.74) is 39.7. The molecule has 0 saturated heterocycles. The van der Waals surface area contributed by atoms with Crippen LogP contribution in [0.1, 0.15) is 142 Å². The smallest absolute Gasteiger partial charge is 0.144 e. The highest BCUT2D eigenvalue weighted by Gasteiger charge is 2.54. The van der Waals surface area contributed by atoms with Crippen LogP contribution in [0, 0.1) is 0 Å². The van der Waals surface area contributed by atoms with Crippen LogP contribution in [0.25, 0.3) is 133 Å². The summed E-state index contributed by atoms with van der Waals surface area (Å²) in [7, 11) is 0. The van der Waals surface area contributed by atoms with Gasteiger partial charge in [0.05, 0.1) is 10.8 Å². The number of hydrogen-bond donors (Lipinski definition) is 0. The molecule has 24 rings (SSSR count). The van der Waals surface area contributed by atoms with Gasteiger partial charge >= 0.3 is 0 Å². The third kappa shape index (κ3) is 8.14. The Bertz CT molecular complexity index is 7200. The van der Waals surface area contributed by atoms with Crippen molar-refractivity contribution in [1.82, 2.24) is 0 Å². The van der Waals surface area contributed by atoms with Crippen LogP contribution in [0.2, 0.25) is 0 Å². The second-order valence-corrected chi connectivity index (χ2v) is 33.9. The largest absolute Gasteiger partial charge is 0.456 e. The minimum absolute atomic E-state index is 0.122. The van der Waals surface area contributed by atoms with Crippen molar-refractivity contribution >= 4 is 65.8 Å². The van der Waals surface area contributed by atoms with Crippen molar-refractivity contribution < 1.29 is 13.3 Å². The highest BCUT2D eigenvalue weighted by Crippen LogP contribution is 2.67. The van der Waals surface area contributed by atoms with Crippen molar-refractivity contribution in [3.05, 3.63) is 428 Å². The van der Waals surface area contributed by atoms with Crippen molar-refractivity contribution in [2.24, 2.45) is 0 Å². The van der Waals surface area contributed by atoms with E-state index in [-0.39, 0.29) is 16.7 Å². The van der Waals surface area contributed by atoms with Crippen LogP contribution in [0.15, 0.2) is 347 Å². The predicted octanol–water partition coefficient (Wildman–Crippen LogP) is 28.1. The molecule has 1 unspecified atom stereocenters. The molecule has 16 aromatic carbocycles. The lowest BCUT2D eigenvalue weighted by Crippen LogP contribution is -2.30. The molecule has 0 spiro atoms. The Balaban J connectivity index is 0.761. The Hall–Kier alpha value is -13.1. The van der Waals surface area contributed by atoms with Gasteiger partial charge in [-0.3, -0.25) is 0 Å². The fraction of sp³-hybridized carbons (Fsp3) is 0.119. The minimum Gasteiger partial charge on any atom is -0.456 e. The first-order valence-corrected chi connectivity index (χ1v) is 39.8. The predicted molar refractivity (Wildman–Crippen MR) is 459 cm³/mol. The molecule has 0 bridgehead atoms. The standard InChI is InChI=1S/C109H76O3/c1-105(2)84-57-63(48-51-73(84)94-89(105)60-79(64-30-12-7-13-31-64)103-98(94)76-42-24-28-46-91(76)111-103)56-78(65-50-53-74-85(58-65)107(5,6)102-100(74)104-99(77-43-25-29-47-92(77)112-104)97-72-40-22-26-44-82(72)106(3,4)101(97)102)66-49-52-71-80-61-88-81(62-87(80)109(86(71)59-66,69-36-18-10-19-37-69)70-38-20-11-21-39-70)95-83(54-55-93-96(95)75-41-23-27-45-90(75)110-93)108(88,67-32-14-8-15-33-67)68-34-16-9-17-35-68/h7-55,57-62,78H,56H2,1-6H3. The number of rotatable bonds is 9. The number of para-hydroxylation sites is 3. The van der Waals surface area contributed by atoms with E-state index in [0.29, 0.717) is 0 Å². The molecule has 3 heterocycles. The van der Waals surface area contributed by atoms with E-state index in [2.05, 4.69) is 375 Å². The maximum Gasteiger partial charge on any atom is 0.144 e. The van der Waals surface area contributed by atoms with Crippen LogP contribution in [0.5, 0.6) is 0 Å². The molecule has 19 aromatic rings. The first-order valence-electron chi connectivity index (χ1n) is 39.8. The van der Waals surface area contributed by atoms with Gasteiger partial charge < -0.3 is 13.3 Å². The zero-order chi connectivity index (χ0) is 74.5. The monoisotopic (exact) mass is 1430 g/mol. The van der Waals surface area contributed by atoms with Crippen LogP contribution < -0.4 is 0 Å². The fourth-order valence-corrected chi connectivity index (χ4v) is 22.5. The van der Waals surface area contributed by atoms with E-state index in [0.717, 1.165) is 72.6 Å². The zero-order valence-corrected chi connectivity index (χ0v) is 63.3. The molecule has 112 heavy (non-hydrogen) atoms. The van der Waals surface area contributed by atoms with Gasteiger partial charge in [-0.15, -0.1) is 0 Å². The molecule has 3 aromatic heterocycles. The number of hydrogen-bond acceptors (Lipinski definition) is 3. The maximum absolute atomic E-state index is 7.31. The third-order valence-corrected chi connectivity index (χ3v) is 27.4. The van der Waals surface area contributed by atoms with E-state index in [1.807, 2.05) is 0 Å². The third-order valence-electron chi connectivity index (χ3n) is 27.4. The topological polar surface area (TPSA) is 39.4 Å². The van der Waals surface area contributed by atoms with Gasteiger partial charge in [-0.05, 0) is 199 Å². The van der Waals surface area contributed by atoms with E-state index < -0.39 is 16.2 Å². The van der Waals surface area contributed by atoms with E-state index in [1.54, 1.807) is 0 Å². The maximum atomic E-state index is 7.31. The molecule has 3 heteroatoms. The fourth-order valence-electron chi connectivity index (χ4n) is 22.5. The summed E-state index contributed by atoms with van der Waals surface area (Å²) < 4.78 is 21.2. The molecule has 5 aliphatic carbocycles. The molecule has 0 aliphatic heterocycles. The van der Waals surface area contributed by atoms with Gasteiger partial charge in [0.1, 0.15) is 33.5 Å². The normalized spacial score (nSPS) is 15.8. The zero-order valence-electron chi connectivity index (χ0n) is 63.3. The molecule has 0 fully saturated rings. The van der Waals surface area contributed by atoms with Crippen LogP contribution >= 0.6 is 0 Å². The number of benzene rings is 16. The Morgan fingerprint density at radius 3 is 1.31 bits per heavy atom. The SMILES string of the molecule is CC1(C)c2cc(CC(c3ccc4c(c3)C(C)(C)c3c5c(c6c(oc7ccccc76)c3-4)-c3ccccc3C5(C)C)c3ccc4c(c3)C(c3ccccc3)(c3ccccc3)c3cc5c(cc3-4)C(c3ccccc3)(c3ccccc3)c3ccc4oc6ccccc6c4c3-5)ccc2-c2c1cc(-c1ccccc1)c1oc3ccccc3c21. The van der Waals surface area contributed by atoms with Crippen molar-refractivity contribution in [1.29, 1.82) is 0 Å². The van der Waals surface area contributed by atoms with Gasteiger partial charge in [-0.2, -0.15) is 0 Å². The molecule has 0 saturated carbocycles. The summed E-state index contributed by atoms with van der Waals surface area (Å²) >= 11 is 0. The number of fused-ring (bicyclic) bond motifs is 29. The first kappa shape index (κ1) is 63.8. The molecule has 3 nitrogen and oxygen atoms in total. The second kappa shape index (κ2) is 22.6. The van der Waals surface area contributed by atoms with Gasteiger partial charge in [0.15, 0.2) is 0 Å². The quantitative estimate of drug-likeness (QED) is 0.145. The lowest BCUT2D eigenvalue weighted by molar-refractivity contribution is 0.599. The molecule has 1 atom stereocenters. The summed E-state index contributed by atoms with van der Waals surface area (Å²) in [6.07, 6.45) is 0.739. The summed E-state index contributed by atoms with van der Waals surface area (Å²) in [6, 6.07) is 127. The highest BCUT2D eigenvalue weighted by molar-refractivity contribution is 6.22. The minimum atomic E-state index is -0.783. The summed E-state index contributed by atoms with van der Waals surface area (Å²) in [4.78, 5) is 0. The number of furan rings is 3. The van der Waals surface area contributed by atoms with Crippen molar-refractivity contribution in [3.63, 3.8) is 0 Å². The summed E-state index contributed by atoms with van der Waals surface area (Å²) in [5.74, 6) is -0.122. The Morgan fingerprint density at radius 2 is 0.679 bits per heavy atom. The van der Waals surface area contributed by atoms with Crippen molar-refractivity contribution in [2.45, 2.75) is 81.0 Å². The van der Waals surface area contributed by atoms with Crippen LogP contribution in [-0.4, -0.2) is 0 Å².